The number of rotatable bonds is 4. The highest BCUT2D eigenvalue weighted by atomic mass is 35.5. The zero-order valence-corrected chi connectivity index (χ0v) is 19.3. The Morgan fingerprint density at radius 3 is 2.38 bits per heavy atom. The summed E-state index contributed by atoms with van der Waals surface area (Å²) in [6.07, 6.45) is 2.58. The first kappa shape index (κ1) is 22.2. The van der Waals surface area contributed by atoms with E-state index in [1.165, 1.54) is 11.1 Å². The first-order valence-electron chi connectivity index (χ1n) is 10.3. The van der Waals surface area contributed by atoms with E-state index in [9.17, 15) is 9.59 Å². The van der Waals surface area contributed by atoms with Gasteiger partial charge in [-0.3, -0.25) is 4.79 Å². The number of piperazine rings is 1. The third-order valence-electron chi connectivity index (χ3n) is 5.36. The number of hydrogen-bond donors (Lipinski definition) is 1. The van der Waals surface area contributed by atoms with E-state index in [0.29, 0.717) is 47.9 Å². The van der Waals surface area contributed by atoms with Crippen LogP contribution in [0.2, 0.25) is 5.02 Å². The lowest BCUT2D eigenvalue weighted by Crippen LogP contribution is -2.49. The van der Waals surface area contributed by atoms with E-state index in [0.717, 1.165) is 5.82 Å². The van der Waals surface area contributed by atoms with Crippen LogP contribution in [0.15, 0.2) is 36.7 Å². The molecule has 1 atom stereocenters. The predicted octanol–water partition coefficient (Wildman–Crippen LogP) is 2.70. The lowest BCUT2D eigenvalue weighted by molar-refractivity contribution is -0.119. The molecular formula is C21H23ClN6O3S. The molecule has 2 aromatic rings. The van der Waals surface area contributed by atoms with Crippen molar-refractivity contribution in [3.05, 3.63) is 41.7 Å². The van der Waals surface area contributed by atoms with Crippen molar-refractivity contribution in [3.8, 4) is 5.75 Å². The number of pyridine rings is 2. The second-order valence-corrected chi connectivity index (χ2v) is 8.70. The van der Waals surface area contributed by atoms with Crippen LogP contribution >= 0.6 is 23.8 Å². The molecule has 11 heteroatoms. The summed E-state index contributed by atoms with van der Waals surface area (Å²) in [7, 11) is 0. The van der Waals surface area contributed by atoms with Crippen LogP contribution in [0.4, 0.5) is 16.4 Å². The molecule has 2 aromatic heterocycles. The molecule has 0 bridgehead atoms. The predicted molar refractivity (Wildman–Crippen MR) is 125 cm³/mol. The molecule has 1 unspecified atom stereocenters. The highest BCUT2D eigenvalue weighted by Gasteiger charge is 2.38. The number of anilines is 2. The minimum Gasteiger partial charge on any atom is -0.409 e. The fourth-order valence-electron chi connectivity index (χ4n) is 3.57. The molecule has 0 saturated carbocycles. The first-order chi connectivity index (χ1) is 15.3. The van der Waals surface area contributed by atoms with Gasteiger partial charge in [0.15, 0.2) is 10.9 Å². The molecule has 4 rings (SSSR count). The molecule has 4 heterocycles. The van der Waals surface area contributed by atoms with Crippen LogP contribution in [-0.2, 0) is 4.79 Å². The highest BCUT2D eigenvalue weighted by Crippen LogP contribution is 2.23. The number of carbonyl (C=O) groups is 2. The fraction of sp³-hybridized carbons (Fsp3) is 0.381. The average molecular weight is 475 g/mol. The molecule has 1 N–H and O–H groups in total. The second kappa shape index (κ2) is 9.25. The van der Waals surface area contributed by atoms with Crippen molar-refractivity contribution in [2.45, 2.75) is 19.9 Å². The summed E-state index contributed by atoms with van der Waals surface area (Å²) in [5.41, 5.74) is 0. The Morgan fingerprint density at radius 1 is 1.12 bits per heavy atom. The molecule has 32 heavy (non-hydrogen) atoms. The summed E-state index contributed by atoms with van der Waals surface area (Å²) in [5.74, 6) is 1.47. The van der Waals surface area contributed by atoms with Crippen molar-refractivity contribution in [3.63, 3.8) is 0 Å². The molecule has 2 aliphatic rings. The summed E-state index contributed by atoms with van der Waals surface area (Å²) >= 11 is 11.2. The van der Waals surface area contributed by atoms with Gasteiger partial charge in [-0.1, -0.05) is 25.4 Å². The van der Waals surface area contributed by atoms with Crippen LogP contribution in [0.25, 0.3) is 0 Å². The lowest BCUT2D eigenvalue weighted by Gasteiger charge is -2.34. The first-order valence-corrected chi connectivity index (χ1v) is 11.1. The van der Waals surface area contributed by atoms with Crippen LogP contribution in [0.5, 0.6) is 5.75 Å². The van der Waals surface area contributed by atoms with Gasteiger partial charge in [0, 0.05) is 32.4 Å². The third kappa shape index (κ3) is 4.61. The summed E-state index contributed by atoms with van der Waals surface area (Å²) in [4.78, 5) is 38.8. The van der Waals surface area contributed by atoms with Crippen LogP contribution in [0, 0.1) is 5.92 Å². The van der Waals surface area contributed by atoms with Gasteiger partial charge < -0.3 is 19.9 Å². The number of amides is 2. The van der Waals surface area contributed by atoms with E-state index in [1.54, 1.807) is 29.3 Å². The van der Waals surface area contributed by atoms with Crippen molar-refractivity contribution < 1.29 is 14.3 Å². The van der Waals surface area contributed by atoms with Crippen molar-refractivity contribution in [1.29, 1.82) is 0 Å². The molecule has 2 fully saturated rings. The summed E-state index contributed by atoms with van der Waals surface area (Å²) in [6.45, 7) is 6.19. The van der Waals surface area contributed by atoms with Gasteiger partial charge in [-0.25, -0.2) is 19.7 Å². The summed E-state index contributed by atoms with van der Waals surface area (Å²) in [5, 5.41) is 3.92. The van der Waals surface area contributed by atoms with Crippen molar-refractivity contribution in [1.82, 2.24) is 20.2 Å². The third-order valence-corrected chi connectivity index (χ3v) is 5.89. The molecule has 0 aromatic carbocycles. The second-order valence-electron chi connectivity index (χ2n) is 7.87. The Kier molecular flexibility index (Phi) is 6.43. The van der Waals surface area contributed by atoms with Gasteiger partial charge in [0.25, 0.3) is 5.91 Å². The van der Waals surface area contributed by atoms with Gasteiger partial charge in [0.05, 0.1) is 11.2 Å². The van der Waals surface area contributed by atoms with E-state index < -0.39 is 6.09 Å². The zero-order valence-electron chi connectivity index (χ0n) is 17.7. The standard InChI is InChI=1S/C21H23ClN6O3S/c1-13(2)18-19(29)28(20(32)25-18)17-6-4-15(12-24-17)31-21(30)27-9-7-26(8-10-27)16-5-3-14(22)11-23-16/h3-6,11-13,18H,7-10H2,1-2H3,(H,25,32). The van der Waals surface area contributed by atoms with E-state index in [1.807, 2.05) is 19.9 Å². The molecule has 0 spiro atoms. The average Bonchev–Trinajstić information content (AvgIpc) is 3.09. The number of halogens is 1. The van der Waals surface area contributed by atoms with Gasteiger partial charge in [-0.2, -0.15) is 0 Å². The highest BCUT2D eigenvalue weighted by molar-refractivity contribution is 7.80. The van der Waals surface area contributed by atoms with Gasteiger partial charge in [0.1, 0.15) is 17.7 Å². The molecule has 0 aliphatic carbocycles. The normalized spacial score (nSPS) is 18.9. The Labute approximate surface area is 196 Å². The summed E-state index contributed by atoms with van der Waals surface area (Å²) in [6, 6.07) is 6.50. The number of nitrogens with zero attached hydrogens (tertiary/aromatic N) is 5. The number of ether oxygens (including phenoxy) is 1. The van der Waals surface area contributed by atoms with E-state index in [4.69, 9.17) is 28.6 Å². The van der Waals surface area contributed by atoms with Crippen LogP contribution in [0.3, 0.4) is 0 Å². The monoisotopic (exact) mass is 474 g/mol. The lowest BCUT2D eigenvalue weighted by atomic mass is 10.1. The Hall–Kier alpha value is -2.98. The van der Waals surface area contributed by atoms with Gasteiger partial charge in [-0.15, -0.1) is 0 Å². The Bertz CT molecular complexity index is 1010. The molecule has 0 radical (unpaired) electrons. The van der Waals surface area contributed by atoms with Crippen molar-refractivity contribution in [2.75, 3.05) is 36.0 Å². The van der Waals surface area contributed by atoms with Crippen molar-refractivity contribution in [2.24, 2.45) is 5.92 Å². The largest absolute Gasteiger partial charge is 0.415 e. The fourth-order valence-corrected chi connectivity index (χ4v) is 3.99. The number of thiocarbonyl (C=S) groups is 1. The number of carbonyl (C=O) groups excluding carboxylic acids is 2. The van der Waals surface area contributed by atoms with Crippen molar-refractivity contribution >= 4 is 52.6 Å². The topological polar surface area (TPSA) is 90.9 Å². The molecule has 9 nitrogen and oxygen atoms in total. The quantitative estimate of drug-likeness (QED) is 0.676. The minimum atomic E-state index is -0.447. The smallest absolute Gasteiger partial charge is 0.409 e. The summed E-state index contributed by atoms with van der Waals surface area (Å²) < 4.78 is 5.46. The van der Waals surface area contributed by atoms with E-state index >= 15 is 0 Å². The van der Waals surface area contributed by atoms with Gasteiger partial charge >= 0.3 is 6.09 Å². The maximum atomic E-state index is 12.6. The van der Waals surface area contributed by atoms with Crippen LogP contribution < -0.4 is 19.9 Å². The molecular weight excluding hydrogens is 452 g/mol. The minimum absolute atomic E-state index is 0.0987. The maximum absolute atomic E-state index is 12.6. The Morgan fingerprint density at radius 2 is 1.81 bits per heavy atom. The molecule has 2 saturated heterocycles. The number of nitrogens with one attached hydrogen (secondary N) is 1. The number of aromatic nitrogens is 2. The SMILES string of the molecule is CC(C)C1NC(=S)N(c2ccc(OC(=O)N3CCN(c4ccc(Cl)cn4)CC3)cn2)C1=O. The number of hydrogen-bond acceptors (Lipinski definition) is 7. The van der Waals surface area contributed by atoms with Gasteiger partial charge in [0.2, 0.25) is 0 Å². The molecule has 168 valence electrons. The van der Waals surface area contributed by atoms with E-state index in [2.05, 4.69) is 20.2 Å². The molecule has 2 aliphatic heterocycles. The van der Waals surface area contributed by atoms with Crippen LogP contribution in [0.1, 0.15) is 13.8 Å². The van der Waals surface area contributed by atoms with E-state index in [-0.39, 0.29) is 17.9 Å². The molecule has 2 amide bonds. The zero-order chi connectivity index (χ0) is 22.8. The van der Waals surface area contributed by atoms with Gasteiger partial charge in [-0.05, 0) is 42.4 Å². The Balaban J connectivity index is 1.33. The van der Waals surface area contributed by atoms with Crippen LogP contribution in [-0.4, -0.2) is 64.2 Å². The maximum Gasteiger partial charge on any atom is 0.415 e.